The van der Waals surface area contributed by atoms with E-state index < -0.39 is 0 Å². The number of nitrogens with one attached hydrogen (secondary N) is 1. The van der Waals surface area contributed by atoms with Gasteiger partial charge in [-0.1, -0.05) is 6.07 Å². The van der Waals surface area contributed by atoms with E-state index in [1.165, 1.54) is 5.69 Å². The predicted molar refractivity (Wildman–Crippen MR) is 66.9 cm³/mol. The van der Waals surface area contributed by atoms with Crippen LogP contribution in [0, 0.1) is 0 Å². The molecule has 15 heavy (non-hydrogen) atoms. The van der Waals surface area contributed by atoms with Crippen molar-refractivity contribution < 1.29 is 0 Å². The average molecular weight is 250 g/mol. The van der Waals surface area contributed by atoms with E-state index in [0.29, 0.717) is 0 Å². The van der Waals surface area contributed by atoms with Crippen LogP contribution >= 0.6 is 24.8 Å². The van der Waals surface area contributed by atoms with Crippen LogP contribution in [0.25, 0.3) is 0 Å². The maximum absolute atomic E-state index is 4.31. The van der Waals surface area contributed by atoms with Gasteiger partial charge in [-0.25, -0.2) is 0 Å². The van der Waals surface area contributed by atoms with Gasteiger partial charge < -0.3 is 5.32 Å². The minimum Gasteiger partial charge on any atom is -0.314 e. The maximum atomic E-state index is 4.31. The summed E-state index contributed by atoms with van der Waals surface area (Å²) in [4.78, 5) is 6.74. The monoisotopic (exact) mass is 249 g/mol. The van der Waals surface area contributed by atoms with Crippen molar-refractivity contribution in [3.63, 3.8) is 0 Å². The summed E-state index contributed by atoms with van der Waals surface area (Å²) in [5, 5.41) is 3.34. The highest BCUT2D eigenvalue weighted by atomic mass is 35.5. The van der Waals surface area contributed by atoms with E-state index in [2.05, 4.69) is 21.3 Å². The van der Waals surface area contributed by atoms with Gasteiger partial charge in [0.2, 0.25) is 0 Å². The lowest BCUT2D eigenvalue weighted by Crippen LogP contribution is -2.43. The van der Waals surface area contributed by atoms with E-state index in [-0.39, 0.29) is 24.8 Å². The van der Waals surface area contributed by atoms with Crippen LogP contribution in [0.1, 0.15) is 5.69 Å². The topological polar surface area (TPSA) is 28.2 Å². The number of nitrogens with zero attached hydrogens (tertiary/aromatic N) is 2. The fourth-order valence-corrected chi connectivity index (χ4v) is 1.59. The number of pyridine rings is 1. The molecule has 0 unspecified atom stereocenters. The van der Waals surface area contributed by atoms with Crippen LogP contribution in [0.5, 0.6) is 0 Å². The van der Waals surface area contributed by atoms with Gasteiger partial charge in [-0.05, 0) is 12.1 Å². The Morgan fingerprint density at radius 3 is 2.53 bits per heavy atom. The summed E-state index contributed by atoms with van der Waals surface area (Å²) in [6.07, 6.45) is 1.86. The SMILES string of the molecule is Cl.Cl.c1ccc(CN2CCNCC2)nc1. The number of hydrogen-bond donors (Lipinski definition) is 1. The van der Waals surface area contributed by atoms with Crippen molar-refractivity contribution in [3.05, 3.63) is 30.1 Å². The number of hydrogen-bond acceptors (Lipinski definition) is 3. The molecule has 5 heteroatoms. The Balaban J connectivity index is 0.000000980. The molecule has 1 aromatic rings. The van der Waals surface area contributed by atoms with Gasteiger partial charge in [-0.2, -0.15) is 0 Å². The lowest BCUT2D eigenvalue weighted by molar-refractivity contribution is 0.231. The second-order valence-electron chi connectivity index (χ2n) is 3.35. The molecule has 2 rings (SSSR count). The quantitative estimate of drug-likeness (QED) is 0.858. The van der Waals surface area contributed by atoms with Gasteiger partial charge >= 0.3 is 0 Å². The normalized spacial score (nSPS) is 16.3. The number of rotatable bonds is 2. The summed E-state index contributed by atoms with van der Waals surface area (Å²) in [6.45, 7) is 5.47. The first-order chi connectivity index (χ1) is 6.45. The minimum atomic E-state index is 0. The molecular weight excluding hydrogens is 233 g/mol. The first kappa shape index (κ1) is 14.6. The summed E-state index contributed by atoms with van der Waals surface area (Å²) < 4.78 is 0. The third-order valence-corrected chi connectivity index (χ3v) is 2.32. The molecule has 0 saturated carbocycles. The highest BCUT2D eigenvalue weighted by molar-refractivity contribution is 5.85. The molecule has 0 amide bonds. The van der Waals surface area contributed by atoms with E-state index >= 15 is 0 Å². The summed E-state index contributed by atoms with van der Waals surface area (Å²) in [5.41, 5.74) is 1.17. The Hall–Kier alpha value is -0.350. The summed E-state index contributed by atoms with van der Waals surface area (Å²) >= 11 is 0. The fraction of sp³-hybridized carbons (Fsp3) is 0.500. The second-order valence-corrected chi connectivity index (χ2v) is 3.35. The molecular formula is C10H17Cl2N3. The van der Waals surface area contributed by atoms with Gasteiger partial charge in [0.05, 0.1) is 5.69 Å². The first-order valence-electron chi connectivity index (χ1n) is 4.78. The van der Waals surface area contributed by atoms with Crippen LogP contribution < -0.4 is 5.32 Å². The zero-order valence-corrected chi connectivity index (χ0v) is 10.2. The van der Waals surface area contributed by atoms with E-state index in [4.69, 9.17) is 0 Å². The van der Waals surface area contributed by atoms with Gasteiger partial charge in [-0.15, -0.1) is 24.8 Å². The zero-order chi connectivity index (χ0) is 8.93. The highest BCUT2D eigenvalue weighted by Gasteiger charge is 2.09. The van der Waals surface area contributed by atoms with Gasteiger partial charge in [0.25, 0.3) is 0 Å². The fourth-order valence-electron chi connectivity index (χ4n) is 1.59. The lowest BCUT2D eigenvalue weighted by Gasteiger charge is -2.26. The minimum absolute atomic E-state index is 0. The molecule has 1 aromatic heterocycles. The van der Waals surface area contributed by atoms with E-state index in [1.54, 1.807) is 0 Å². The third kappa shape index (κ3) is 4.80. The van der Waals surface area contributed by atoms with Gasteiger partial charge in [0.1, 0.15) is 0 Å². The van der Waals surface area contributed by atoms with Gasteiger partial charge in [-0.3, -0.25) is 9.88 Å². The van der Waals surface area contributed by atoms with Crippen molar-refractivity contribution >= 4 is 24.8 Å². The number of aromatic nitrogens is 1. The molecule has 1 aliphatic heterocycles. The Kier molecular flexibility index (Phi) is 7.70. The molecule has 86 valence electrons. The number of halogens is 2. The van der Waals surface area contributed by atoms with Crippen molar-refractivity contribution in [2.45, 2.75) is 6.54 Å². The molecule has 0 radical (unpaired) electrons. The summed E-state index contributed by atoms with van der Waals surface area (Å²) in [5.74, 6) is 0. The molecule has 1 fully saturated rings. The molecule has 0 atom stereocenters. The van der Waals surface area contributed by atoms with Crippen molar-refractivity contribution in [1.29, 1.82) is 0 Å². The zero-order valence-electron chi connectivity index (χ0n) is 8.56. The van der Waals surface area contributed by atoms with E-state index in [1.807, 2.05) is 18.3 Å². The number of piperazine rings is 1. The molecule has 0 bridgehead atoms. The third-order valence-electron chi connectivity index (χ3n) is 2.32. The van der Waals surface area contributed by atoms with Crippen molar-refractivity contribution in [2.24, 2.45) is 0 Å². The molecule has 1 saturated heterocycles. The van der Waals surface area contributed by atoms with Gasteiger partial charge in [0.15, 0.2) is 0 Å². The molecule has 3 nitrogen and oxygen atoms in total. The van der Waals surface area contributed by atoms with Crippen molar-refractivity contribution in [1.82, 2.24) is 15.2 Å². The highest BCUT2D eigenvalue weighted by Crippen LogP contribution is 2.01. The Morgan fingerprint density at radius 2 is 1.93 bits per heavy atom. The largest absolute Gasteiger partial charge is 0.314 e. The molecule has 0 aromatic carbocycles. The maximum Gasteiger partial charge on any atom is 0.0543 e. The first-order valence-corrected chi connectivity index (χ1v) is 4.78. The lowest BCUT2D eigenvalue weighted by atomic mass is 10.3. The van der Waals surface area contributed by atoms with Gasteiger partial charge in [0, 0.05) is 38.9 Å². The Labute approximate surface area is 103 Å². The molecule has 2 heterocycles. The second kappa shape index (κ2) is 7.88. The van der Waals surface area contributed by atoms with Crippen molar-refractivity contribution in [2.75, 3.05) is 26.2 Å². The molecule has 0 aliphatic carbocycles. The van der Waals surface area contributed by atoms with Crippen molar-refractivity contribution in [3.8, 4) is 0 Å². The summed E-state index contributed by atoms with van der Waals surface area (Å²) in [6, 6.07) is 6.09. The molecule has 1 N–H and O–H groups in total. The Morgan fingerprint density at radius 1 is 1.20 bits per heavy atom. The molecule has 0 spiro atoms. The van der Waals surface area contributed by atoms with E-state index in [9.17, 15) is 0 Å². The van der Waals surface area contributed by atoms with Crippen LogP contribution in [-0.4, -0.2) is 36.1 Å². The average Bonchev–Trinajstić information content (AvgIpc) is 2.21. The van der Waals surface area contributed by atoms with Crippen LogP contribution in [-0.2, 0) is 6.54 Å². The predicted octanol–water partition coefficient (Wildman–Crippen LogP) is 1.33. The van der Waals surface area contributed by atoms with Crippen LogP contribution in [0.3, 0.4) is 0 Å². The van der Waals surface area contributed by atoms with Crippen LogP contribution in [0.15, 0.2) is 24.4 Å². The Bertz CT molecular complexity index is 250. The summed E-state index contributed by atoms with van der Waals surface area (Å²) in [7, 11) is 0. The van der Waals surface area contributed by atoms with Crippen LogP contribution in [0.4, 0.5) is 0 Å². The van der Waals surface area contributed by atoms with E-state index in [0.717, 1.165) is 32.7 Å². The molecule has 1 aliphatic rings. The van der Waals surface area contributed by atoms with Crippen LogP contribution in [0.2, 0.25) is 0 Å². The standard InChI is InChI=1S/C10H15N3.2ClH/c1-2-4-12-10(3-1)9-13-7-5-11-6-8-13;;/h1-4,11H,5-9H2;2*1H. The smallest absolute Gasteiger partial charge is 0.0543 e.